The van der Waals surface area contributed by atoms with Crippen LogP contribution >= 0.6 is 11.3 Å². The van der Waals surface area contributed by atoms with Gasteiger partial charge in [-0.2, -0.15) is 0 Å². The summed E-state index contributed by atoms with van der Waals surface area (Å²) in [5.74, 6) is -0.237. The first-order valence-electron chi connectivity index (χ1n) is 7.31. The maximum atomic E-state index is 11.4. The van der Waals surface area contributed by atoms with Crippen molar-refractivity contribution in [2.45, 2.75) is 26.4 Å². The zero-order chi connectivity index (χ0) is 15.5. The van der Waals surface area contributed by atoms with Crippen molar-refractivity contribution in [3.05, 3.63) is 45.4 Å². The van der Waals surface area contributed by atoms with Crippen LogP contribution in [0.4, 0.5) is 0 Å². The van der Waals surface area contributed by atoms with E-state index in [1.54, 1.807) is 23.5 Å². The van der Waals surface area contributed by atoms with E-state index in [2.05, 4.69) is 22.2 Å². The summed E-state index contributed by atoms with van der Waals surface area (Å²) in [5, 5.41) is 12.6. The number of fused-ring (bicyclic) bond motifs is 1. The molecule has 22 heavy (non-hydrogen) atoms. The van der Waals surface area contributed by atoms with Crippen molar-refractivity contribution in [1.82, 2.24) is 9.88 Å². The number of rotatable bonds is 4. The summed E-state index contributed by atoms with van der Waals surface area (Å²) in [6.45, 7) is 4.69. The quantitative estimate of drug-likeness (QED) is 0.939. The Labute approximate surface area is 133 Å². The molecule has 3 rings (SSSR count). The molecule has 0 aliphatic carbocycles. The van der Waals surface area contributed by atoms with Crippen LogP contribution in [0.3, 0.4) is 0 Å². The van der Waals surface area contributed by atoms with E-state index in [0.717, 1.165) is 29.2 Å². The topological polar surface area (TPSA) is 62.7 Å². The Morgan fingerprint density at radius 3 is 3.09 bits per heavy atom. The van der Waals surface area contributed by atoms with Gasteiger partial charge in [0.2, 0.25) is 0 Å². The molecule has 0 radical (unpaired) electrons. The number of carbonyl (C=O) groups is 1. The highest BCUT2D eigenvalue weighted by atomic mass is 32.1. The molecule has 0 amide bonds. The number of hydrogen-bond acceptors (Lipinski definition) is 5. The summed E-state index contributed by atoms with van der Waals surface area (Å²) in [6, 6.07) is 5.20. The molecule has 1 N–H and O–H groups in total. The van der Waals surface area contributed by atoms with Gasteiger partial charge in [0.15, 0.2) is 0 Å². The molecule has 2 aromatic rings. The number of carboxylic acids is 1. The van der Waals surface area contributed by atoms with Crippen LogP contribution in [0.15, 0.2) is 23.6 Å². The van der Waals surface area contributed by atoms with Crippen LogP contribution in [0, 0.1) is 0 Å². The largest absolute Gasteiger partial charge is 0.492 e. The summed E-state index contributed by atoms with van der Waals surface area (Å²) >= 11 is 1.67. The van der Waals surface area contributed by atoms with Gasteiger partial charge in [-0.3, -0.25) is 4.90 Å². The highest BCUT2D eigenvalue weighted by Gasteiger charge is 2.21. The van der Waals surface area contributed by atoms with E-state index in [-0.39, 0.29) is 0 Å². The lowest BCUT2D eigenvalue weighted by atomic mass is 10.1. The van der Waals surface area contributed by atoms with E-state index < -0.39 is 5.97 Å². The Bertz CT molecular complexity index is 684. The molecule has 6 heteroatoms. The van der Waals surface area contributed by atoms with Crippen LogP contribution in [-0.2, 0) is 19.5 Å². The number of ether oxygens (including phenoxy) is 1. The second-order valence-electron chi connectivity index (χ2n) is 5.23. The van der Waals surface area contributed by atoms with Crippen molar-refractivity contribution in [2.75, 3.05) is 13.2 Å². The van der Waals surface area contributed by atoms with E-state index in [4.69, 9.17) is 4.74 Å². The van der Waals surface area contributed by atoms with Gasteiger partial charge in [0.05, 0.1) is 16.3 Å². The molecule has 0 bridgehead atoms. The molecule has 1 aliphatic heterocycles. The van der Waals surface area contributed by atoms with Gasteiger partial charge < -0.3 is 9.84 Å². The Morgan fingerprint density at radius 2 is 2.36 bits per heavy atom. The normalized spacial score (nSPS) is 15.0. The number of thiazole rings is 1. The van der Waals surface area contributed by atoms with Crippen molar-refractivity contribution in [3.63, 3.8) is 0 Å². The maximum Gasteiger partial charge on any atom is 0.336 e. The first kappa shape index (κ1) is 15.0. The standard InChI is InChI=1S/C16H18N2O3S/c1-2-15-17-11(10-22-15)8-18-6-7-21-14-5-3-4-12(16(19)20)13(14)9-18/h3-5,10H,2,6-9H2,1H3,(H,19,20). The molecule has 0 saturated heterocycles. The molecule has 1 aromatic heterocycles. The molecule has 2 heterocycles. The zero-order valence-electron chi connectivity index (χ0n) is 12.4. The van der Waals surface area contributed by atoms with Crippen LogP contribution in [0.5, 0.6) is 5.75 Å². The van der Waals surface area contributed by atoms with E-state index >= 15 is 0 Å². The number of carboxylic acid groups (broad SMARTS) is 1. The SMILES string of the molecule is CCc1nc(CN2CCOc3cccc(C(=O)O)c3C2)cs1. The lowest BCUT2D eigenvalue weighted by molar-refractivity contribution is 0.0694. The third kappa shape index (κ3) is 3.13. The Morgan fingerprint density at radius 1 is 1.50 bits per heavy atom. The number of hydrogen-bond donors (Lipinski definition) is 1. The highest BCUT2D eigenvalue weighted by Crippen LogP contribution is 2.27. The molecule has 0 saturated carbocycles. The lowest BCUT2D eigenvalue weighted by Crippen LogP contribution is -2.26. The van der Waals surface area contributed by atoms with Crippen molar-refractivity contribution in [2.24, 2.45) is 0 Å². The summed E-state index contributed by atoms with van der Waals surface area (Å²) in [4.78, 5) is 18.2. The maximum absolute atomic E-state index is 11.4. The number of nitrogens with zero attached hydrogens (tertiary/aromatic N) is 2. The fourth-order valence-corrected chi connectivity index (χ4v) is 3.34. The number of benzene rings is 1. The summed E-state index contributed by atoms with van der Waals surface area (Å²) in [7, 11) is 0. The van der Waals surface area contributed by atoms with E-state index in [9.17, 15) is 9.90 Å². The van der Waals surface area contributed by atoms with Crippen molar-refractivity contribution < 1.29 is 14.6 Å². The molecule has 0 unspecified atom stereocenters. The van der Waals surface area contributed by atoms with Gasteiger partial charge in [-0.1, -0.05) is 13.0 Å². The van der Waals surface area contributed by atoms with E-state index in [0.29, 0.717) is 31.0 Å². The van der Waals surface area contributed by atoms with Gasteiger partial charge in [-0.05, 0) is 18.6 Å². The van der Waals surface area contributed by atoms with Gasteiger partial charge in [0.25, 0.3) is 0 Å². The molecule has 1 aliphatic rings. The van der Waals surface area contributed by atoms with Crippen LogP contribution < -0.4 is 4.74 Å². The van der Waals surface area contributed by atoms with Crippen molar-refractivity contribution in [1.29, 1.82) is 0 Å². The Hall–Kier alpha value is -1.92. The average molecular weight is 318 g/mol. The lowest BCUT2D eigenvalue weighted by Gasteiger charge is -2.18. The molecule has 0 atom stereocenters. The third-order valence-corrected chi connectivity index (χ3v) is 4.74. The molecule has 0 spiro atoms. The number of aryl methyl sites for hydroxylation is 1. The second kappa shape index (κ2) is 6.46. The van der Waals surface area contributed by atoms with Gasteiger partial charge >= 0.3 is 5.97 Å². The van der Waals surface area contributed by atoms with Crippen LogP contribution in [-0.4, -0.2) is 34.1 Å². The molecule has 0 fully saturated rings. The summed E-state index contributed by atoms with van der Waals surface area (Å²) in [5.41, 5.74) is 2.11. The molecule has 5 nitrogen and oxygen atoms in total. The second-order valence-corrected chi connectivity index (χ2v) is 6.18. The minimum absolute atomic E-state index is 0.317. The van der Waals surface area contributed by atoms with Gasteiger partial charge in [0.1, 0.15) is 12.4 Å². The zero-order valence-corrected chi connectivity index (χ0v) is 13.2. The fraction of sp³-hybridized carbons (Fsp3) is 0.375. The predicted octanol–water partition coefficient (Wildman–Crippen LogP) is 2.80. The van der Waals surface area contributed by atoms with Crippen molar-refractivity contribution in [3.8, 4) is 5.75 Å². The first-order valence-corrected chi connectivity index (χ1v) is 8.19. The molecule has 116 valence electrons. The monoisotopic (exact) mass is 318 g/mol. The van der Waals surface area contributed by atoms with E-state index in [1.165, 1.54) is 0 Å². The average Bonchev–Trinajstić information content (AvgIpc) is 2.85. The van der Waals surface area contributed by atoms with Gasteiger partial charge in [-0.15, -0.1) is 11.3 Å². The highest BCUT2D eigenvalue weighted by molar-refractivity contribution is 7.09. The Kier molecular flexibility index (Phi) is 4.40. The van der Waals surface area contributed by atoms with E-state index in [1.807, 2.05) is 6.07 Å². The Balaban J connectivity index is 1.82. The number of aromatic nitrogens is 1. The summed E-state index contributed by atoms with van der Waals surface area (Å²) in [6.07, 6.45) is 0.944. The smallest absolute Gasteiger partial charge is 0.336 e. The van der Waals surface area contributed by atoms with Gasteiger partial charge in [0, 0.05) is 30.6 Å². The third-order valence-electron chi connectivity index (χ3n) is 3.70. The number of aromatic carboxylic acids is 1. The molecule has 1 aromatic carbocycles. The minimum atomic E-state index is -0.913. The fourth-order valence-electron chi connectivity index (χ4n) is 2.60. The van der Waals surface area contributed by atoms with Crippen LogP contribution in [0.2, 0.25) is 0 Å². The van der Waals surface area contributed by atoms with Crippen LogP contribution in [0.25, 0.3) is 0 Å². The molecular weight excluding hydrogens is 300 g/mol. The van der Waals surface area contributed by atoms with Crippen LogP contribution in [0.1, 0.15) is 33.5 Å². The van der Waals surface area contributed by atoms with Crippen molar-refractivity contribution >= 4 is 17.3 Å². The first-order chi connectivity index (χ1) is 10.7. The predicted molar refractivity (Wildman–Crippen MR) is 84.5 cm³/mol. The minimum Gasteiger partial charge on any atom is -0.492 e. The molecular formula is C16H18N2O3S. The summed E-state index contributed by atoms with van der Waals surface area (Å²) < 4.78 is 5.71. The van der Waals surface area contributed by atoms with Gasteiger partial charge in [-0.25, -0.2) is 9.78 Å².